The van der Waals surface area contributed by atoms with Gasteiger partial charge in [-0.1, -0.05) is 0 Å². The van der Waals surface area contributed by atoms with Crippen LogP contribution in [0.1, 0.15) is 10.6 Å². The van der Waals surface area contributed by atoms with Crippen molar-refractivity contribution in [3.05, 3.63) is 55.1 Å². The third kappa shape index (κ3) is 3.50. The number of nitrogens with one attached hydrogen (secondary N) is 1. The Morgan fingerprint density at radius 2 is 1.89 bits per heavy atom. The summed E-state index contributed by atoms with van der Waals surface area (Å²) in [6.07, 6.45) is 6.00. The molecule has 1 aliphatic heterocycles. The van der Waals surface area contributed by atoms with Gasteiger partial charge in [-0.15, -0.1) is 0 Å². The fourth-order valence-corrected chi connectivity index (χ4v) is 2.86. The van der Waals surface area contributed by atoms with Gasteiger partial charge >= 0.3 is 6.03 Å². The summed E-state index contributed by atoms with van der Waals surface area (Å²) < 4.78 is 6.63. The summed E-state index contributed by atoms with van der Waals surface area (Å²) in [6, 6.07) is 6.54. The monoisotopic (exact) mass is 367 g/mol. The van der Waals surface area contributed by atoms with E-state index in [1.165, 1.54) is 23.6 Å². The molecule has 0 aromatic carbocycles. The summed E-state index contributed by atoms with van der Waals surface area (Å²) in [7, 11) is 0. The van der Waals surface area contributed by atoms with Crippen molar-refractivity contribution in [2.75, 3.05) is 31.5 Å². The molecular weight excluding hydrogens is 350 g/mol. The lowest BCUT2D eigenvalue weighted by molar-refractivity contribution is 0.0640. The minimum Gasteiger partial charge on any atom is -0.459 e. The molecule has 0 bridgehead atoms. The third-order valence-electron chi connectivity index (χ3n) is 4.25. The van der Waals surface area contributed by atoms with E-state index in [1.807, 2.05) is 0 Å². The highest BCUT2D eigenvalue weighted by molar-refractivity contribution is 5.93. The molecule has 0 radical (unpaired) electrons. The predicted molar refractivity (Wildman–Crippen MR) is 94.4 cm³/mol. The summed E-state index contributed by atoms with van der Waals surface area (Å²) in [5.74, 6) is 0.622. The standard InChI is InChI=1S/C17H17N7O3/c25-16(14-4-2-10-27-14)22-6-8-23(9-7-22)17(26)21-13-3-1-5-19-15(13)24-12-18-11-20-24/h1-5,10-12H,6-9H2,(H,21,26). The molecule has 27 heavy (non-hydrogen) atoms. The van der Waals surface area contributed by atoms with E-state index in [-0.39, 0.29) is 11.9 Å². The Morgan fingerprint density at radius 1 is 1.07 bits per heavy atom. The van der Waals surface area contributed by atoms with E-state index in [0.717, 1.165) is 0 Å². The number of aromatic nitrogens is 4. The first kappa shape index (κ1) is 16.8. The molecule has 4 heterocycles. The van der Waals surface area contributed by atoms with Crippen molar-refractivity contribution in [3.63, 3.8) is 0 Å². The number of hydrogen-bond acceptors (Lipinski definition) is 6. The molecule has 0 atom stereocenters. The molecule has 0 saturated carbocycles. The Bertz CT molecular complexity index is 916. The molecule has 1 fully saturated rings. The summed E-state index contributed by atoms with van der Waals surface area (Å²) in [5.41, 5.74) is 0.530. The molecule has 10 heteroatoms. The van der Waals surface area contributed by atoms with Gasteiger partial charge in [-0.05, 0) is 24.3 Å². The number of amides is 3. The van der Waals surface area contributed by atoms with Crippen molar-refractivity contribution < 1.29 is 14.0 Å². The summed E-state index contributed by atoms with van der Waals surface area (Å²) >= 11 is 0. The highest BCUT2D eigenvalue weighted by atomic mass is 16.3. The van der Waals surface area contributed by atoms with Gasteiger partial charge in [0.1, 0.15) is 12.7 Å². The Kier molecular flexibility index (Phi) is 4.52. The number of piperazine rings is 1. The van der Waals surface area contributed by atoms with Crippen molar-refractivity contribution in [3.8, 4) is 5.82 Å². The molecule has 138 valence electrons. The van der Waals surface area contributed by atoms with Crippen LogP contribution in [0.25, 0.3) is 5.82 Å². The second kappa shape index (κ2) is 7.28. The number of hydrogen-bond donors (Lipinski definition) is 1. The van der Waals surface area contributed by atoms with Gasteiger partial charge in [-0.25, -0.2) is 19.4 Å². The van der Waals surface area contributed by atoms with E-state index < -0.39 is 0 Å². The van der Waals surface area contributed by atoms with Crippen molar-refractivity contribution >= 4 is 17.6 Å². The highest BCUT2D eigenvalue weighted by Gasteiger charge is 2.26. The zero-order chi connectivity index (χ0) is 18.6. The quantitative estimate of drug-likeness (QED) is 0.746. The fraction of sp³-hybridized carbons (Fsp3) is 0.235. The predicted octanol–water partition coefficient (Wildman–Crippen LogP) is 1.25. The van der Waals surface area contributed by atoms with Crippen molar-refractivity contribution in [2.45, 2.75) is 0 Å². The number of rotatable bonds is 3. The van der Waals surface area contributed by atoms with Crippen molar-refractivity contribution in [1.82, 2.24) is 29.5 Å². The van der Waals surface area contributed by atoms with Crippen LogP contribution in [0.2, 0.25) is 0 Å². The van der Waals surface area contributed by atoms with E-state index in [9.17, 15) is 9.59 Å². The molecule has 0 aliphatic carbocycles. The van der Waals surface area contributed by atoms with Crippen LogP contribution in [0.5, 0.6) is 0 Å². The SMILES string of the molecule is O=C(Nc1cccnc1-n1cncn1)N1CCN(C(=O)c2ccco2)CC1. The topological polar surface area (TPSA) is 109 Å². The average Bonchev–Trinajstić information content (AvgIpc) is 3.42. The Hall–Kier alpha value is -3.69. The van der Waals surface area contributed by atoms with Gasteiger partial charge < -0.3 is 19.5 Å². The zero-order valence-electron chi connectivity index (χ0n) is 14.4. The molecular formula is C17H17N7O3. The highest BCUT2D eigenvalue weighted by Crippen LogP contribution is 2.17. The molecule has 1 N–H and O–H groups in total. The third-order valence-corrected chi connectivity index (χ3v) is 4.25. The van der Waals surface area contributed by atoms with Gasteiger partial charge in [-0.3, -0.25) is 4.79 Å². The maximum atomic E-state index is 12.6. The van der Waals surface area contributed by atoms with Gasteiger partial charge in [0.15, 0.2) is 11.6 Å². The molecule has 3 aromatic rings. The van der Waals surface area contributed by atoms with Crippen molar-refractivity contribution in [1.29, 1.82) is 0 Å². The first-order chi connectivity index (χ1) is 13.2. The van der Waals surface area contributed by atoms with Crippen LogP contribution in [0.4, 0.5) is 10.5 Å². The van der Waals surface area contributed by atoms with Gasteiger partial charge in [0.05, 0.1) is 12.0 Å². The van der Waals surface area contributed by atoms with E-state index in [4.69, 9.17) is 4.42 Å². The summed E-state index contributed by atoms with van der Waals surface area (Å²) in [5, 5.41) is 6.90. The van der Waals surface area contributed by atoms with Gasteiger partial charge in [-0.2, -0.15) is 5.10 Å². The summed E-state index contributed by atoms with van der Waals surface area (Å²) in [4.78, 5) is 36.4. The van der Waals surface area contributed by atoms with Crippen LogP contribution >= 0.6 is 0 Å². The number of carbonyl (C=O) groups is 2. The molecule has 0 unspecified atom stereocenters. The number of nitrogens with zero attached hydrogens (tertiary/aromatic N) is 6. The molecule has 1 aliphatic rings. The molecule has 3 aromatic heterocycles. The smallest absolute Gasteiger partial charge is 0.322 e. The number of anilines is 1. The first-order valence-electron chi connectivity index (χ1n) is 8.41. The molecule has 0 spiro atoms. The largest absolute Gasteiger partial charge is 0.459 e. The lowest BCUT2D eigenvalue weighted by Gasteiger charge is -2.34. The van der Waals surface area contributed by atoms with Crippen molar-refractivity contribution in [2.24, 2.45) is 0 Å². The summed E-state index contributed by atoms with van der Waals surface area (Å²) in [6.45, 7) is 1.74. The molecule has 4 rings (SSSR count). The zero-order valence-corrected chi connectivity index (χ0v) is 14.4. The van der Waals surface area contributed by atoms with Crippen LogP contribution in [0, 0.1) is 0 Å². The molecule has 10 nitrogen and oxygen atoms in total. The normalized spacial score (nSPS) is 14.2. The lowest BCUT2D eigenvalue weighted by atomic mass is 10.3. The van der Waals surface area contributed by atoms with Crippen LogP contribution in [-0.4, -0.2) is 67.7 Å². The Balaban J connectivity index is 1.39. The van der Waals surface area contributed by atoms with Crippen LogP contribution < -0.4 is 5.32 Å². The first-order valence-corrected chi connectivity index (χ1v) is 8.41. The van der Waals surface area contributed by atoms with Crippen LogP contribution in [0.15, 0.2) is 53.8 Å². The van der Waals surface area contributed by atoms with Gasteiger partial charge in [0.2, 0.25) is 0 Å². The number of urea groups is 1. The second-order valence-electron chi connectivity index (χ2n) is 5.90. The van der Waals surface area contributed by atoms with Crippen LogP contribution in [-0.2, 0) is 0 Å². The Labute approximate surface area is 154 Å². The van der Waals surface area contributed by atoms with E-state index >= 15 is 0 Å². The lowest BCUT2D eigenvalue weighted by Crippen LogP contribution is -2.51. The maximum absolute atomic E-state index is 12.6. The average molecular weight is 367 g/mol. The minimum absolute atomic E-state index is 0.166. The van der Waals surface area contributed by atoms with E-state index in [2.05, 4.69) is 20.4 Å². The van der Waals surface area contributed by atoms with Gasteiger partial charge in [0, 0.05) is 32.4 Å². The Morgan fingerprint density at radius 3 is 2.59 bits per heavy atom. The molecule has 3 amide bonds. The second-order valence-corrected chi connectivity index (χ2v) is 5.90. The fourth-order valence-electron chi connectivity index (χ4n) is 2.86. The van der Waals surface area contributed by atoms with Crippen LogP contribution in [0.3, 0.4) is 0 Å². The minimum atomic E-state index is -0.255. The number of carbonyl (C=O) groups excluding carboxylic acids is 2. The number of pyridine rings is 1. The maximum Gasteiger partial charge on any atom is 0.322 e. The van der Waals surface area contributed by atoms with E-state index in [0.29, 0.717) is 43.4 Å². The van der Waals surface area contributed by atoms with E-state index in [1.54, 1.807) is 40.3 Å². The molecule has 1 saturated heterocycles. The van der Waals surface area contributed by atoms with Gasteiger partial charge in [0.25, 0.3) is 5.91 Å². The number of furan rings is 1.